The fraction of sp³-hybridized carbons (Fsp3) is 0.250. The van der Waals surface area contributed by atoms with Crippen LogP contribution in [0.3, 0.4) is 0 Å². The van der Waals surface area contributed by atoms with Gasteiger partial charge in [0.2, 0.25) is 0 Å². The molecule has 2 rings (SSSR count). The number of benzene rings is 1. The first kappa shape index (κ1) is 14.8. The van der Waals surface area contributed by atoms with Crippen LogP contribution in [0, 0.1) is 0 Å². The van der Waals surface area contributed by atoms with Crippen molar-refractivity contribution >= 4 is 29.2 Å². The summed E-state index contributed by atoms with van der Waals surface area (Å²) in [5, 5.41) is 4.54. The average molecular weight is 316 g/mol. The molecule has 106 valence electrons. The van der Waals surface area contributed by atoms with E-state index in [1.165, 1.54) is 0 Å². The topological polar surface area (TPSA) is 91.2 Å². The van der Waals surface area contributed by atoms with Crippen LogP contribution in [0.2, 0.25) is 10.0 Å². The Morgan fingerprint density at radius 2 is 2.05 bits per heavy atom. The van der Waals surface area contributed by atoms with Gasteiger partial charge in [-0.15, -0.1) is 0 Å². The van der Waals surface area contributed by atoms with E-state index in [2.05, 4.69) is 10.1 Å². The SMILES string of the molecule is CCOC(=O)c1nc(C(N)c2cc(Cl)cc(Cl)c2)no1. The molecule has 20 heavy (non-hydrogen) atoms. The van der Waals surface area contributed by atoms with Gasteiger partial charge in [-0.2, -0.15) is 4.98 Å². The molecule has 1 unspecified atom stereocenters. The van der Waals surface area contributed by atoms with Crippen LogP contribution in [0.15, 0.2) is 22.7 Å². The summed E-state index contributed by atoms with van der Waals surface area (Å²) < 4.78 is 9.55. The molecule has 0 amide bonds. The molecular formula is C12H11Cl2N3O3. The van der Waals surface area contributed by atoms with Crippen LogP contribution in [0.1, 0.15) is 35.0 Å². The Kier molecular flexibility index (Phi) is 4.59. The third-order valence-electron chi connectivity index (χ3n) is 2.41. The second-order valence-corrected chi connectivity index (χ2v) is 4.73. The molecule has 0 saturated carbocycles. The summed E-state index contributed by atoms with van der Waals surface area (Å²) in [5.41, 5.74) is 6.60. The lowest BCUT2D eigenvalue weighted by atomic mass is 10.1. The largest absolute Gasteiger partial charge is 0.459 e. The van der Waals surface area contributed by atoms with E-state index in [-0.39, 0.29) is 18.3 Å². The Labute approximate surface area is 124 Å². The maximum absolute atomic E-state index is 11.4. The summed E-state index contributed by atoms with van der Waals surface area (Å²) in [5.74, 6) is -0.792. The predicted octanol–water partition coefficient (Wildman–Crippen LogP) is 2.60. The summed E-state index contributed by atoms with van der Waals surface area (Å²) in [7, 11) is 0. The van der Waals surface area contributed by atoms with E-state index in [0.717, 1.165) is 0 Å². The molecule has 0 bridgehead atoms. The van der Waals surface area contributed by atoms with Crippen molar-refractivity contribution in [3.63, 3.8) is 0 Å². The monoisotopic (exact) mass is 315 g/mol. The lowest BCUT2D eigenvalue weighted by Crippen LogP contribution is -2.14. The minimum Gasteiger partial charge on any atom is -0.459 e. The molecule has 2 N–H and O–H groups in total. The Balaban J connectivity index is 2.25. The van der Waals surface area contributed by atoms with Crippen molar-refractivity contribution in [3.8, 4) is 0 Å². The van der Waals surface area contributed by atoms with E-state index in [1.807, 2.05) is 0 Å². The lowest BCUT2D eigenvalue weighted by Gasteiger charge is -2.08. The Bertz CT molecular complexity index is 610. The van der Waals surface area contributed by atoms with Crippen molar-refractivity contribution in [1.29, 1.82) is 0 Å². The standard InChI is InChI=1S/C12H11Cl2N3O3/c1-2-19-12(18)11-16-10(17-20-11)9(15)6-3-7(13)5-8(14)4-6/h3-5,9H,2,15H2,1H3. The fourth-order valence-corrected chi connectivity index (χ4v) is 2.08. The lowest BCUT2D eigenvalue weighted by molar-refractivity contribution is 0.0470. The predicted molar refractivity (Wildman–Crippen MR) is 72.7 cm³/mol. The molecule has 0 aliphatic heterocycles. The number of nitrogens with zero attached hydrogens (tertiary/aromatic N) is 2. The van der Waals surface area contributed by atoms with Gasteiger partial charge in [0.1, 0.15) is 0 Å². The number of carbonyl (C=O) groups excluding carboxylic acids is 1. The Morgan fingerprint density at radius 1 is 1.40 bits per heavy atom. The molecule has 0 fully saturated rings. The molecular weight excluding hydrogens is 305 g/mol. The van der Waals surface area contributed by atoms with Crippen LogP contribution < -0.4 is 5.73 Å². The van der Waals surface area contributed by atoms with Gasteiger partial charge < -0.3 is 15.0 Å². The van der Waals surface area contributed by atoms with E-state index in [0.29, 0.717) is 15.6 Å². The number of esters is 1. The van der Waals surface area contributed by atoms with E-state index >= 15 is 0 Å². The van der Waals surface area contributed by atoms with Gasteiger partial charge in [0, 0.05) is 10.0 Å². The zero-order valence-corrected chi connectivity index (χ0v) is 12.0. The summed E-state index contributed by atoms with van der Waals surface area (Å²) in [6.45, 7) is 1.89. The average Bonchev–Trinajstić information content (AvgIpc) is 2.86. The zero-order chi connectivity index (χ0) is 14.7. The molecule has 0 aliphatic rings. The quantitative estimate of drug-likeness (QED) is 0.872. The third-order valence-corrected chi connectivity index (χ3v) is 2.85. The van der Waals surface area contributed by atoms with Gasteiger partial charge in [0.15, 0.2) is 5.82 Å². The molecule has 0 saturated heterocycles. The smallest absolute Gasteiger partial charge is 0.397 e. The van der Waals surface area contributed by atoms with Crippen LogP contribution in [0.25, 0.3) is 0 Å². The van der Waals surface area contributed by atoms with Crippen LogP contribution >= 0.6 is 23.2 Å². The second kappa shape index (κ2) is 6.21. The Hall–Kier alpha value is -1.63. The normalized spacial score (nSPS) is 12.2. The first-order valence-corrected chi connectivity index (χ1v) is 6.49. The number of ether oxygens (including phenoxy) is 1. The van der Waals surface area contributed by atoms with E-state index in [1.54, 1.807) is 25.1 Å². The molecule has 1 aromatic heterocycles. The molecule has 1 heterocycles. The van der Waals surface area contributed by atoms with Crippen molar-refractivity contribution in [2.45, 2.75) is 13.0 Å². The molecule has 6 nitrogen and oxygen atoms in total. The van der Waals surface area contributed by atoms with Crippen molar-refractivity contribution in [2.75, 3.05) is 6.61 Å². The molecule has 0 radical (unpaired) electrons. The summed E-state index contributed by atoms with van der Waals surface area (Å²) in [6.07, 6.45) is 0. The maximum Gasteiger partial charge on any atom is 0.397 e. The number of nitrogens with two attached hydrogens (primary N) is 1. The van der Waals surface area contributed by atoms with Crippen molar-refractivity contribution in [1.82, 2.24) is 10.1 Å². The highest BCUT2D eigenvalue weighted by Gasteiger charge is 2.21. The van der Waals surface area contributed by atoms with Crippen molar-refractivity contribution in [2.24, 2.45) is 5.73 Å². The van der Waals surface area contributed by atoms with Crippen LogP contribution in [0.4, 0.5) is 0 Å². The first-order valence-electron chi connectivity index (χ1n) is 5.73. The maximum atomic E-state index is 11.4. The Morgan fingerprint density at radius 3 is 2.65 bits per heavy atom. The van der Waals surface area contributed by atoms with Gasteiger partial charge in [-0.25, -0.2) is 4.79 Å². The molecule has 8 heteroatoms. The van der Waals surface area contributed by atoms with Gasteiger partial charge in [-0.05, 0) is 30.7 Å². The highest BCUT2D eigenvalue weighted by atomic mass is 35.5. The van der Waals surface area contributed by atoms with Gasteiger partial charge in [-0.1, -0.05) is 28.4 Å². The number of hydrogen-bond acceptors (Lipinski definition) is 6. The van der Waals surface area contributed by atoms with E-state index < -0.39 is 12.0 Å². The molecule has 2 aromatic rings. The molecule has 0 aliphatic carbocycles. The molecule has 0 spiro atoms. The highest BCUT2D eigenvalue weighted by molar-refractivity contribution is 6.34. The number of aromatic nitrogens is 2. The summed E-state index contributed by atoms with van der Waals surface area (Å²) >= 11 is 11.8. The van der Waals surface area contributed by atoms with Gasteiger partial charge in [0.05, 0.1) is 12.6 Å². The second-order valence-electron chi connectivity index (χ2n) is 3.86. The number of halogens is 2. The van der Waals surface area contributed by atoms with E-state index in [4.69, 9.17) is 38.2 Å². The zero-order valence-electron chi connectivity index (χ0n) is 10.5. The number of carbonyl (C=O) groups is 1. The first-order chi connectivity index (χ1) is 9.51. The van der Waals surface area contributed by atoms with Gasteiger partial charge >= 0.3 is 11.9 Å². The van der Waals surface area contributed by atoms with Crippen LogP contribution in [-0.4, -0.2) is 22.7 Å². The van der Waals surface area contributed by atoms with Crippen molar-refractivity contribution < 1.29 is 14.1 Å². The van der Waals surface area contributed by atoms with Crippen LogP contribution in [-0.2, 0) is 4.74 Å². The summed E-state index contributed by atoms with van der Waals surface area (Å²) in [6, 6.07) is 4.15. The minimum atomic E-state index is -0.710. The highest BCUT2D eigenvalue weighted by Crippen LogP contribution is 2.25. The third kappa shape index (κ3) is 3.27. The van der Waals surface area contributed by atoms with Crippen molar-refractivity contribution in [3.05, 3.63) is 45.5 Å². The van der Waals surface area contributed by atoms with Gasteiger partial charge in [0.25, 0.3) is 0 Å². The minimum absolute atomic E-state index is 0.145. The van der Waals surface area contributed by atoms with Gasteiger partial charge in [-0.3, -0.25) is 0 Å². The van der Waals surface area contributed by atoms with Crippen LogP contribution in [0.5, 0.6) is 0 Å². The van der Waals surface area contributed by atoms with E-state index in [9.17, 15) is 4.79 Å². The number of rotatable bonds is 4. The molecule has 1 aromatic carbocycles. The summed E-state index contributed by atoms with van der Waals surface area (Å²) in [4.78, 5) is 15.3. The molecule has 1 atom stereocenters. The number of hydrogen-bond donors (Lipinski definition) is 1. The fourth-order valence-electron chi connectivity index (χ4n) is 1.54.